The van der Waals surface area contributed by atoms with Crippen molar-refractivity contribution in [1.82, 2.24) is 10.2 Å². The first-order valence-corrected chi connectivity index (χ1v) is 9.97. The number of rotatable bonds is 5. The highest BCUT2D eigenvalue weighted by Gasteiger charge is 2.20. The zero-order valence-corrected chi connectivity index (χ0v) is 14.8. The monoisotopic (exact) mass is 374 g/mol. The van der Waals surface area contributed by atoms with Crippen molar-refractivity contribution < 1.29 is 8.42 Å². The van der Waals surface area contributed by atoms with Gasteiger partial charge < -0.3 is 10.2 Å². The first kappa shape index (κ1) is 16.9. The number of sulfone groups is 1. The van der Waals surface area contributed by atoms with Crippen LogP contribution in [0.2, 0.25) is 0 Å². The molecule has 1 atom stereocenters. The van der Waals surface area contributed by atoms with Gasteiger partial charge in [0, 0.05) is 17.1 Å². The molecule has 21 heavy (non-hydrogen) atoms. The molecule has 2 rings (SSSR count). The van der Waals surface area contributed by atoms with Crippen molar-refractivity contribution in [1.29, 1.82) is 0 Å². The summed E-state index contributed by atoms with van der Waals surface area (Å²) in [6, 6.07) is 8.62. The fraction of sp³-hybridized carbons (Fsp3) is 0.600. The van der Waals surface area contributed by atoms with Crippen molar-refractivity contribution in [3.8, 4) is 0 Å². The lowest BCUT2D eigenvalue weighted by atomic mass is 10.0. The molecule has 0 aromatic heterocycles. The van der Waals surface area contributed by atoms with Crippen LogP contribution in [0.3, 0.4) is 0 Å². The molecule has 1 saturated heterocycles. The van der Waals surface area contributed by atoms with E-state index in [1.807, 2.05) is 19.2 Å². The van der Waals surface area contributed by atoms with Crippen LogP contribution in [0.25, 0.3) is 0 Å². The summed E-state index contributed by atoms with van der Waals surface area (Å²) >= 11 is 3.51. The van der Waals surface area contributed by atoms with Crippen LogP contribution in [-0.4, -0.2) is 51.5 Å². The highest BCUT2D eigenvalue weighted by molar-refractivity contribution is 9.10. The molecule has 1 aromatic rings. The maximum Gasteiger partial charge on any atom is 0.151 e. The second-order valence-electron chi connectivity index (χ2n) is 5.53. The summed E-state index contributed by atoms with van der Waals surface area (Å²) in [5.41, 5.74) is 1.26. The van der Waals surface area contributed by atoms with Gasteiger partial charge in [0.05, 0.1) is 11.5 Å². The first-order chi connectivity index (χ1) is 10.00. The Balaban J connectivity index is 1.91. The Morgan fingerprint density at radius 2 is 2.14 bits per heavy atom. The van der Waals surface area contributed by atoms with Gasteiger partial charge in [-0.05, 0) is 50.7 Å². The van der Waals surface area contributed by atoms with Crippen LogP contribution in [0.1, 0.15) is 24.4 Å². The molecule has 1 aliphatic rings. The molecular formula is C15H23BrN2O2S. The summed E-state index contributed by atoms with van der Waals surface area (Å²) in [7, 11) is -0.847. The molecule has 1 aliphatic heterocycles. The number of nitrogens with one attached hydrogen (secondary N) is 1. The summed E-state index contributed by atoms with van der Waals surface area (Å²) in [4.78, 5) is 2.27. The molecule has 1 N–H and O–H groups in total. The number of halogens is 1. The molecule has 1 heterocycles. The van der Waals surface area contributed by atoms with E-state index in [-0.39, 0.29) is 0 Å². The minimum absolute atomic E-state index is 0.294. The van der Waals surface area contributed by atoms with Gasteiger partial charge in [-0.3, -0.25) is 0 Å². The van der Waals surface area contributed by atoms with Gasteiger partial charge in [-0.1, -0.05) is 28.1 Å². The molecule has 1 aromatic carbocycles. The standard InChI is InChI=1S/C15H23BrN2O2S/c1-17-15(13-4-2-5-14(16)12-13)6-8-18-7-3-10-21(19,20)11-9-18/h2,4-5,12,15,17H,3,6-11H2,1H3. The zero-order valence-electron chi connectivity index (χ0n) is 12.4. The van der Waals surface area contributed by atoms with Crippen LogP contribution < -0.4 is 5.32 Å². The minimum Gasteiger partial charge on any atom is -0.313 e. The largest absolute Gasteiger partial charge is 0.313 e. The third-order valence-electron chi connectivity index (χ3n) is 3.98. The smallest absolute Gasteiger partial charge is 0.151 e. The highest BCUT2D eigenvalue weighted by Crippen LogP contribution is 2.21. The van der Waals surface area contributed by atoms with E-state index in [2.05, 4.69) is 38.3 Å². The van der Waals surface area contributed by atoms with E-state index in [9.17, 15) is 8.42 Å². The van der Waals surface area contributed by atoms with Crippen molar-refractivity contribution >= 4 is 25.8 Å². The number of benzene rings is 1. The van der Waals surface area contributed by atoms with Gasteiger partial charge >= 0.3 is 0 Å². The average molecular weight is 375 g/mol. The molecule has 1 fully saturated rings. The quantitative estimate of drug-likeness (QED) is 0.858. The molecule has 6 heteroatoms. The Kier molecular flexibility index (Phi) is 6.22. The molecule has 4 nitrogen and oxygen atoms in total. The molecule has 0 bridgehead atoms. The van der Waals surface area contributed by atoms with Crippen molar-refractivity contribution in [2.24, 2.45) is 0 Å². The third kappa shape index (κ3) is 5.36. The first-order valence-electron chi connectivity index (χ1n) is 7.36. The Morgan fingerprint density at radius 1 is 1.33 bits per heavy atom. The van der Waals surface area contributed by atoms with Gasteiger partial charge in [0.1, 0.15) is 0 Å². The Labute approximate surface area is 136 Å². The maximum atomic E-state index is 11.6. The number of hydrogen-bond donors (Lipinski definition) is 1. The Hall–Kier alpha value is -0.430. The lowest BCUT2D eigenvalue weighted by Gasteiger charge is -2.23. The Morgan fingerprint density at radius 3 is 2.86 bits per heavy atom. The van der Waals surface area contributed by atoms with E-state index in [0.717, 1.165) is 30.4 Å². The van der Waals surface area contributed by atoms with Gasteiger partial charge in [0.25, 0.3) is 0 Å². The van der Waals surface area contributed by atoms with Gasteiger partial charge in [-0.15, -0.1) is 0 Å². The van der Waals surface area contributed by atoms with Gasteiger partial charge in [0.15, 0.2) is 9.84 Å². The van der Waals surface area contributed by atoms with Crippen LogP contribution in [-0.2, 0) is 9.84 Å². The minimum atomic E-state index is -2.82. The van der Waals surface area contributed by atoms with Crippen molar-refractivity contribution in [2.75, 3.05) is 38.2 Å². The summed E-state index contributed by atoms with van der Waals surface area (Å²) in [5, 5.41) is 3.35. The summed E-state index contributed by atoms with van der Waals surface area (Å²) in [6.07, 6.45) is 1.73. The normalized spacial score (nSPS) is 20.9. The van der Waals surface area contributed by atoms with Crippen LogP contribution in [0, 0.1) is 0 Å². The van der Waals surface area contributed by atoms with Crippen molar-refractivity contribution in [3.05, 3.63) is 34.3 Å². The van der Waals surface area contributed by atoms with E-state index in [1.165, 1.54) is 5.56 Å². The molecule has 0 aliphatic carbocycles. The second kappa shape index (κ2) is 7.72. The van der Waals surface area contributed by atoms with E-state index in [4.69, 9.17) is 0 Å². The van der Waals surface area contributed by atoms with Gasteiger partial charge in [-0.25, -0.2) is 8.42 Å². The average Bonchev–Trinajstić information content (AvgIpc) is 2.61. The predicted molar refractivity (Wildman–Crippen MR) is 90.3 cm³/mol. The fourth-order valence-electron chi connectivity index (χ4n) is 2.73. The zero-order chi connectivity index (χ0) is 15.3. The van der Waals surface area contributed by atoms with E-state index in [1.54, 1.807) is 0 Å². The fourth-order valence-corrected chi connectivity index (χ4v) is 4.45. The Bertz CT molecular complexity index is 563. The molecule has 0 radical (unpaired) electrons. The summed E-state index contributed by atoms with van der Waals surface area (Å²) < 4.78 is 24.3. The van der Waals surface area contributed by atoms with Crippen LogP contribution in [0.15, 0.2) is 28.7 Å². The van der Waals surface area contributed by atoms with Crippen LogP contribution in [0.5, 0.6) is 0 Å². The molecule has 118 valence electrons. The molecule has 1 unspecified atom stereocenters. The van der Waals surface area contributed by atoms with Crippen molar-refractivity contribution in [2.45, 2.75) is 18.9 Å². The lowest BCUT2D eigenvalue weighted by molar-refractivity contribution is 0.277. The highest BCUT2D eigenvalue weighted by atomic mass is 79.9. The molecular weight excluding hydrogens is 352 g/mol. The van der Waals surface area contributed by atoms with Gasteiger partial charge in [-0.2, -0.15) is 0 Å². The lowest BCUT2D eigenvalue weighted by Crippen LogP contribution is -2.31. The van der Waals surface area contributed by atoms with Crippen molar-refractivity contribution in [3.63, 3.8) is 0 Å². The molecule has 0 saturated carbocycles. The van der Waals surface area contributed by atoms with E-state index < -0.39 is 9.84 Å². The topological polar surface area (TPSA) is 49.4 Å². The predicted octanol–water partition coefficient (Wildman–Crippen LogP) is 2.22. The number of hydrogen-bond acceptors (Lipinski definition) is 4. The summed E-state index contributed by atoms with van der Waals surface area (Å²) in [5.74, 6) is 0.638. The summed E-state index contributed by atoms with van der Waals surface area (Å²) in [6.45, 7) is 2.47. The molecule has 0 amide bonds. The SMILES string of the molecule is CNC(CCN1CCCS(=O)(=O)CC1)c1cccc(Br)c1. The third-order valence-corrected chi connectivity index (χ3v) is 6.19. The van der Waals surface area contributed by atoms with Gasteiger partial charge in [0.2, 0.25) is 0 Å². The van der Waals surface area contributed by atoms with E-state index >= 15 is 0 Å². The second-order valence-corrected chi connectivity index (χ2v) is 8.75. The van der Waals surface area contributed by atoms with Crippen LogP contribution >= 0.6 is 15.9 Å². The number of nitrogens with zero attached hydrogens (tertiary/aromatic N) is 1. The molecule has 0 spiro atoms. The maximum absolute atomic E-state index is 11.6. The van der Waals surface area contributed by atoms with E-state index in [0.29, 0.717) is 24.1 Å². The van der Waals surface area contributed by atoms with Crippen LogP contribution in [0.4, 0.5) is 0 Å².